The maximum absolute atomic E-state index is 5.56. The standard InChI is InChI=1S/C25H19N3O2/c1-16-7-9-21-19(11-16)25-20(14-28(21)13-17-5-3-2-4-6-17)24(26-27-25)18-8-10-22-23(12-18)30-15-29-22/h2-12,14H,13,15H2,1H3. The topological polar surface area (TPSA) is 49.2 Å². The van der Waals surface area contributed by atoms with Crippen LogP contribution < -0.4 is 9.47 Å². The average molecular weight is 393 g/mol. The zero-order valence-corrected chi connectivity index (χ0v) is 16.5. The van der Waals surface area contributed by atoms with Gasteiger partial charge in [-0.05, 0) is 42.8 Å². The smallest absolute Gasteiger partial charge is 0.231 e. The van der Waals surface area contributed by atoms with E-state index in [0.717, 1.165) is 51.5 Å². The summed E-state index contributed by atoms with van der Waals surface area (Å²) in [6.07, 6.45) is 2.17. The summed E-state index contributed by atoms with van der Waals surface area (Å²) < 4.78 is 13.3. The lowest BCUT2D eigenvalue weighted by Crippen LogP contribution is -2.04. The monoisotopic (exact) mass is 393 g/mol. The maximum Gasteiger partial charge on any atom is 0.231 e. The number of aromatic nitrogens is 3. The molecule has 0 unspecified atom stereocenters. The lowest BCUT2D eigenvalue weighted by molar-refractivity contribution is 0.174. The van der Waals surface area contributed by atoms with Crippen molar-refractivity contribution in [1.82, 2.24) is 14.8 Å². The molecule has 6 rings (SSSR count). The predicted octanol–water partition coefficient (Wildman–Crippen LogP) is 5.29. The second-order valence-electron chi connectivity index (χ2n) is 7.64. The van der Waals surface area contributed by atoms with Crippen molar-refractivity contribution in [3.63, 3.8) is 0 Å². The molecule has 0 fully saturated rings. The van der Waals surface area contributed by atoms with E-state index in [-0.39, 0.29) is 6.79 Å². The Morgan fingerprint density at radius 1 is 0.867 bits per heavy atom. The Morgan fingerprint density at radius 3 is 2.60 bits per heavy atom. The molecule has 0 saturated heterocycles. The van der Waals surface area contributed by atoms with Gasteiger partial charge >= 0.3 is 0 Å². The van der Waals surface area contributed by atoms with Gasteiger partial charge in [0.05, 0.1) is 5.52 Å². The molecule has 30 heavy (non-hydrogen) atoms. The second kappa shape index (κ2) is 6.59. The molecule has 0 amide bonds. The zero-order chi connectivity index (χ0) is 20.1. The number of hydrogen-bond acceptors (Lipinski definition) is 4. The van der Waals surface area contributed by atoms with Gasteiger partial charge in [0, 0.05) is 29.3 Å². The van der Waals surface area contributed by atoms with Gasteiger partial charge in [0.1, 0.15) is 11.4 Å². The SMILES string of the molecule is Cc1ccc2c(c1)c1nnc(-c3ccc4c(c3)OCO4)c-1cn2Cc1ccccc1. The summed E-state index contributed by atoms with van der Waals surface area (Å²) in [4.78, 5) is 0. The Balaban J connectivity index is 1.57. The van der Waals surface area contributed by atoms with Gasteiger partial charge in [-0.15, -0.1) is 10.2 Å². The zero-order valence-electron chi connectivity index (χ0n) is 16.5. The molecule has 3 aromatic rings. The van der Waals surface area contributed by atoms with E-state index in [1.54, 1.807) is 0 Å². The first-order chi connectivity index (χ1) is 14.8. The molecule has 5 heteroatoms. The fourth-order valence-corrected chi connectivity index (χ4v) is 4.12. The molecule has 0 aromatic heterocycles. The van der Waals surface area contributed by atoms with E-state index in [1.165, 1.54) is 11.1 Å². The van der Waals surface area contributed by atoms with Crippen LogP contribution in [0.5, 0.6) is 11.5 Å². The third-order valence-electron chi connectivity index (χ3n) is 5.60. The largest absolute Gasteiger partial charge is 0.454 e. The van der Waals surface area contributed by atoms with E-state index in [1.807, 2.05) is 24.3 Å². The number of benzene rings is 3. The average Bonchev–Trinajstić information content (AvgIpc) is 3.40. The summed E-state index contributed by atoms with van der Waals surface area (Å²) >= 11 is 0. The number of pyridine rings is 1. The number of aryl methyl sites for hydroxylation is 1. The number of ether oxygens (including phenoxy) is 2. The molecule has 0 saturated carbocycles. The van der Waals surface area contributed by atoms with Crippen molar-refractivity contribution in [3.05, 3.63) is 84.1 Å². The predicted molar refractivity (Wildman–Crippen MR) is 116 cm³/mol. The van der Waals surface area contributed by atoms with E-state index < -0.39 is 0 Å². The molecule has 3 heterocycles. The van der Waals surface area contributed by atoms with Crippen LogP contribution in [-0.2, 0) is 6.54 Å². The minimum Gasteiger partial charge on any atom is -0.454 e. The Bertz CT molecular complexity index is 1360. The quantitative estimate of drug-likeness (QED) is 0.418. The van der Waals surface area contributed by atoms with Gasteiger partial charge in [-0.25, -0.2) is 0 Å². The summed E-state index contributed by atoms with van der Waals surface area (Å²) in [6.45, 7) is 3.14. The maximum atomic E-state index is 5.56. The van der Waals surface area contributed by atoms with E-state index in [4.69, 9.17) is 9.47 Å². The van der Waals surface area contributed by atoms with E-state index in [9.17, 15) is 0 Å². The Morgan fingerprint density at radius 2 is 1.70 bits per heavy atom. The third kappa shape index (κ3) is 2.70. The van der Waals surface area contributed by atoms with Crippen molar-refractivity contribution in [1.29, 1.82) is 0 Å². The molecule has 0 aliphatic carbocycles. The summed E-state index contributed by atoms with van der Waals surface area (Å²) in [5, 5.41) is 10.2. The minimum atomic E-state index is 0.257. The van der Waals surface area contributed by atoms with Crippen LogP contribution in [0.4, 0.5) is 0 Å². The van der Waals surface area contributed by atoms with E-state index in [0.29, 0.717) is 0 Å². The molecule has 3 aromatic carbocycles. The van der Waals surface area contributed by atoms with Crippen LogP contribution in [0.15, 0.2) is 72.9 Å². The van der Waals surface area contributed by atoms with Gasteiger partial charge in [-0.2, -0.15) is 0 Å². The van der Waals surface area contributed by atoms with Crippen LogP contribution in [0.25, 0.3) is 33.4 Å². The van der Waals surface area contributed by atoms with Gasteiger partial charge in [-0.3, -0.25) is 0 Å². The highest BCUT2D eigenvalue weighted by Gasteiger charge is 2.22. The number of rotatable bonds is 3. The molecule has 146 valence electrons. The van der Waals surface area contributed by atoms with E-state index in [2.05, 4.69) is 70.3 Å². The fourth-order valence-electron chi connectivity index (χ4n) is 4.12. The lowest BCUT2D eigenvalue weighted by atomic mass is 10.00. The highest BCUT2D eigenvalue weighted by Crippen LogP contribution is 2.40. The van der Waals surface area contributed by atoms with Crippen molar-refractivity contribution in [3.8, 4) is 34.0 Å². The third-order valence-corrected chi connectivity index (χ3v) is 5.60. The van der Waals surface area contributed by atoms with Crippen LogP contribution in [0, 0.1) is 6.92 Å². The molecule has 0 atom stereocenters. The molecule has 3 aliphatic rings. The van der Waals surface area contributed by atoms with Gasteiger partial charge in [0.2, 0.25) is 6.79 Å². The Labute approximate surface area is 173 Å². The van der Waals surface area contributed by atoms with Gasteiger partial charge in [0.25, 0.3) is 0 Å². The van der Waals surface area contributed by atoms with Gasteiger partial charge in [0.15, 0.2) is 11.5 Å². The molecule has 0 N–H and O–H groups in total. The van der Waals surface area contributed by atoms with Crippen molar-refractivity contribution in [2.75, 3.05) is 6.79 Å². The van der Waals surface area contributed by atoms with Crippen molar-refractivity contribution in [2.45, 2.75) is 13.5 Å². The first-order valence-electron chi connectivity index (χ1n) is 9.96. The van der Waals surface area contributed by atoms with Crippen molar-refractivity contribution < 1.29 is 9.47 Å². The van der Waals surface area contributed by atoms with Crippen molar-refractivity contribution >= 4 is 10.9 Å². The van der Waals surface area contributed by atoms with Crippen LogP contribution in [-0.4, -0.2) is 21.6 Å². The molecule has 5 nitrogen and oxygen atoms in total. The fraction of sp³-hybridized carbons (Fsp3) is 0.120. The summed E-state index contributed by atoms with van der Waals surface area (Å²) in [5.41, 5.74) is 7.38. The van der Waals surface area contributed by atoms with Crippen LogP contribution >= 0.6 is 0 Å². The molecule has 0 spiro atoms. The van der Waals surface area contributed by atoms with E-state index >= 15 is 0 Å². The van der Waals surface area contributed by atoms with Crippen molar-refractivity contribution in [2.24, 2.45) is 0 Å². The van der Waals surface area contributed by atoms with Gasteiger partial charge in [-0.1, -0.05) is 42.0 Å². The molecule has 3 aliphatic heterocycles. The number of fused-ring (bicyclic) bond motifs is 4. The van der Waals surface area contributed by atoms with Crippen LogP contribution in [0.2, 0.25) is 0 Å². The highest BCUT2D eigenvalue weighted by molar-refractivity contribution is 5.98. The molecular formula is C25H19N3O2. The minimum absolute atomic E-state index is 0.257. The normalized spacial score (nSPS) is 12.7. The number of nitrogens with zero attached hydrogens (tertiary/aromatic N) is 3. The van der Waals surface area contributed by atoms with Crippen LogP contribution in [0.3, 0.4) is 0 Å². The van der Waals surface area contributed by atoms with Crippen LogP contribution in [0.1, 0.15) is 11.1 Å². The molecule has 0 radical (unpaired) electrons. The van der Waals surface area contributed by atoms with Gasteiger partial charge < -0.3 is 14.0 Å². The Hall–Kier alpha value is -3.86. The molecular weight excluding hydrogens is 374 g/mol. The lowest BCUT2D eigenvalue weighted by Gasteiger charge is -2.16. The Kier molecular flexibility index (Phi) is 3.74. The first kappa shape index (κ1) is 17.0. The summed E-state index contributed by atoms with van der Waals surface area (Å²) in [7, 11) is 0. The molecule has 0 bridgehead atoms. The first-order valence-corrected chi connectivity index (χ1v) is 9.96. The summed E-state index contributed by atoms with van der Waals surface area (Å²) in [5.74, 6) is 1.51. The highest BCUT2D eigenvalue weighted by atomic mass is 16.7. The second-order valence-corrected chi connectivity index (χ2v) is 7.64. The summed E-state index contributed by atoms with van der Waals surface area (Å²) in [6, 6.07) is 22.9. The number of hydrogen-bond donors (Lipinski definition) is 0.